The average Bonchev–Trinajstić information content (AvgIpc) is 2.45. The quantitative estimate of drug-likeness (QED) is 0.899. The molecule has 1 aromatic heterocycles. The maximum Gasteiger partial charge on any atom is 0.136 e. The van der Waals surface area contributed by atoms with Gasteiger partial charge >= 0.3 is 0 Å². The van der Waals surface area contributed by atoms with Crippen molar-refractivity contribution in [1.82, 2.24) is 4.98 Å². The fraction of sp³-hybridized carbons (Fsp3) is 0.438. The Kier molecular flexibility index (Phi) is 3.70. The first-order valence-corrected chi connectivity index (χ1v) is 7.58. The first-order chi connectivity index (χ1) is 9.69. The van der Waals surface area contributed by atoms with Gasteiger partial charge in [-0.05, 0) is 30.9 Å². The van der Waals surface area contributed by atoms with Crippen LogP contribution >= 0.6 is 11.6 Å². The van der Waals surface area contributed by atoms with E-state index in [-0.39, 0.29) is 0 Å². The Labute approximate surface area is 124 Å². The third kappa shape index (κ3) is 2.42. The maximum absolute atomic E-state index is 6.19. The summed E-state index contributed by atoms with van der Waals surface area (Å²) in [6.45, 7) is 4.47. The molecule has 20 heavy (non-hydrogen) atoms. The van der Waals surface area contributed by atoms with Crippen LogP contribution < -0.4 is 10.2 Å². The molecule has 0 saturated carbocycles. The second-order valence-electron chi connectivity index (χ2n) is 5.63. The molecular formula is C16H20ClN3. The predicted octanol–water partition coefficient (Wildman–Crippen LogP) is 4.17. The van der Waals surface area contributed by atoms with E-state index in [1.807, 2.05) is 25.4 Å². The Hall–Kier alpha value is -1.48. The van der Waals surface area contributed by atoms with Crippen molar-refractivity contribution in [1.29, 1.82) is 0 Å². The van der Waals surface area contributed by atoms with Crippen LogP contribution in [0.1, 0.15) is 19.8 Å². The van der Waals surface area contributed by atoms with Gasteiger partial charge in [-0.25, -0.2) is 4.98 Å². The zero-order chi connectivity index (χ0) is 14.1. The van der Waals surface area contributed by atoms with Gasteiger partial charge in [0.15, 0.2) is 0 Å². The van der Waals surface area contributed by atoms with E-state index < -0.39 is 0 Å². The average molecular weight is 290 g/mol. The summed E-state index contributed by atoms with van der Waals surface area (Å²) in [5.41, 5.74) is 1.05. The van der Waals surface area contributed by atoms with Gasteiger partial charge in [0.1, 0.15) is 5.82 Å². The Morgan fingerprint density at radius 2 is 2.20 bits per heavy atom. The smallest absolute Gasteiger partial charge is 0.136 e. The molecule has 0 radical (unpaired) electrons. The predicted molar refractivity (Wildman–Crippen MR) is 86.9 cm³/mol. The van der Waals surface area contributed by atoms with Gasteiger partial charge in [-0.3, -0.25) is 0 Å². The third-order valence-electron chi connectivity index (χ3n) is 4.05. The maximum atomic E-state index is 6.19. The lowest BCUT2D eigenvalue weighted by atomic mass is 9.99. The zero-order valence-electron chi connectivity index (χ0n) is 12.0. The molecule has 1 saturated heterocycles. The number of piperidine rings is 1. The van der Waals surface area contributed by atoms with E-state index in [1.165, 1.54) is 18.2 Å². The minimum atomic E-state index is 0.726. The van der Waals surface area contributed by atoms with Crippen molar-refractivity contribution in [2.75, 3.05) is 30.4 Å². The van der Waals surface area contributed by atoms with Crippen molar-refractivity contribution in [3.63, 3.8) is 0 Å². The van der Waals surface area contributed by atoms with Crippen LogP contribution in [0.4, 0.5) is 11.5 Å². The summed E-state index contributed by atoms with van der Waals surface area (Å²) in [4.78, 5) is 7.08. The molecule has 1 N–H and O–H groups in total. The summed E-state index contributed by atoms with van der Waals surface area (Å²) >= 11 is 6.19. The van der Waals surface area contributed by atoms with E-state index in [2.05, 4.69) is 28.2 Å². The Morgan fingerprint density at radius 1 is 1.35 bits per heavy atom. The molecule has 2 heterocycles. The zero-order valence-corrected chi connectivity index (χ0v) is 12.7. The highest BCUT2D eigenvalue weighted by Gasteiger charge is 2.20. The molecule has 0 bridgehead atoms. The molecule has 3 nitrogen and oxygen atoms in total. The fourth-order valence-electron chi connectivity index (χ4n) is 3.03. The van der Waals surface area contributed by atoms with Gasteiger partial charge in [0.25, 0.3) is 0 Å². The molecule has 0 amide bonds. The second kappa shape index (κ2) is 5.49. The summed E-state index contributed by atoms with van der Waals surface area (Å²) in [7, 11) is 1.92. The molecule has 106 valence electrons. The number of aromatic nitrogens is 1. The van der Waals surface area contributed by atoms with Gasteiger partial charge in [-0.2, -0.15) is 0 Å². The molecule has 1 aliphatic rings. The summed E-state index contributed by atoms with van der Waals surface area (Å²) in [6.07, 6.45) is 4.47. The molecule has 1 aromatic carbocycles. The van der Waals surface area contributed by atoms with Crippen molar-refractivity contribution < 1.29 is 0 Å². The number of benzene rings is 1. The van der Waals surface area contributed by atoms with Crippen LogP contribution in [0.5, 0.6) is 0 Å². The topological polar surface area (TPSA) is 28.2 Å². The summed E-state index contributed by atoms with van der Waals surface area (Å²) in [5.74, 6) is 1.79. The number of nitrogens with one attached hydrogen (secondary N) is 1. The monoisotopic (exact) mass is 289 g/mol. The van der Waals surface area contributed by atoms with Crippen LogP contribution in [0, 0.1) is 5.92 Å². The van der Waals surface area contributed by atoms with Crippen molar-refractivity contribution in [2.24, 2.45) is 5.92 Å². The normalized spacial score (nSPS) is 19.4. The second-order valence-corrected chi connectivity index (χ2v) is 6.07. The van der Waals surface area contributed by atoms with Gasteiger partial charge in [0, 0.05) is 35.9 Å². The van der Waals surface area contributed by atoms with Crippen molar-refractivity contribution in [3.05, 3.63) is 29.4 Å². The van der Waals surface area contributed by atoms with Crippen molar-refractivity contribution >= 4 is 33.9 Å². The molecule has 4 heteroatoms. The van der Waals surface area contributed by atoms with Crippen LogP contribution in [0.2, 0.25) is 5.02 Å². The van der Waals surface area contributed by atoms with Crippen LogP contribution in [-0.2, 0) is 0 Å². The van der Waals surface area contributed by atoms with Gasteiger partial charge in [0.05, 0.1) is 11.9 Å². The van der Waals surface area contributed by atoms with Crippen LogP contribution in [0.3, 0.4) is 0 Å². The van der Waals surface area contributed by atoms with Crippen LogP contribution in [-0.4, -0.2) is 25.1 Å². The number of hydrogen-bond acceptors (Lipinski definition) is 3. The molecular weight excluding hydrogens is 270 g/mol. The molecule has 0 spiro atoms. The van der Waals surface area contributed by atoms with E-state index in [0.717, 1.165) is 40.9 Å². The van der Waals surface area contributed by atoms with Gasteiger partial charge in [0.2, 0.25) is 0 Å². The lowest BCUT2D eigenvalue weighted by Gasteiger charge is -2.32. The van der Waals surface area contributed by atoms with Crippen molar-refractivity contribution in [3.8, 4) is 0 Å². The SMILES string of the molecule is CNc1cnc(N2CCCC(C)C2)c2cc(Cl)ccc12. The largest absolute Gasteiger partial charge is 0.386 e. The highest BCUT2D eigenvalue weighted by Crippen LogP contribution is 2.33. The highest BCUT2D eigenvalue weighted by molar-refractivity contribution is 6.31. The lowest BCUT2D eigenvalue weighted by Crippen LogP contribution is -2.34. The minimum Gasteiger partial charge on any atom is -0.386 e. The number of anilines is 2. The first kappa shape index (κ1) is 13.5. The Bertz CT molecular complexity index is 626. The number of nitrogens with zero attached hydrogens (tertiary/aromatic N) is 2. The molecule has 1 atom stereocenters. The summed E-state index contributed by atoms with van der Waals surface area (Å²) in [5, 5.41) is 6.29. The minimum absolute atomic E-state index is 0.726. The molecule has 2 aromatic rings. The van der Waals surface area contributed by atoms with Gasteiger partial charge < -0.3 is 10.2 Å². The van der Waals surface area contributed by atoms with Crippen LogP contribution in [0.15, 0.2) is 24.4 Å². The molecule has 1 fully saturated rings. The summed E-state index contributed by atoms with van der Waals surface area (Å²) < 4.78 is 0. The summed E-state index contributed by atoms with van der Waals surface area (Å²) in [6, 6.07) is 6.04. The van der Waals surface area contributed by atoms with Crippen LogP contribution in [0.25, 0.3) is 10.8 Å². The number of fused-ring (bicyclic) bond motifs is 1. The van der Waals surface area contributed by atoms with Gasteiger partial charge in [-0.1, -0.05) is 24.6 Å². The van der Waals surface area contributed by atoms with E-state index in [1.54, 1.807) is 0 Å². The first-order valence-electron chi connectivity index (χ1n) is 7.20. The number of rotatable bonds is 2. The van der Waals surface area contributed by atoms with E-state index >= 15 is 0 Å². The number of hydrogen-bond donors (Lipinski definition) is 1. The number of halogens is 1. The number of pyridine rings is 1. The molecule has 1 aliphatic heterocycles. The van der Waals surface area contributed by atoms with E-state index in [0.29, 0.717) is 0 Å². The lowest BCUT2D eigenvalue weighted by molar-refractivity contribution is 0.445. The fourth-order valence-corrected chi connectivity index (χ4v) is 3.21. The van der Waals surface area contributed by atoms with Gasteiger partial charge in [-0.15, -0.1) is 0 Å². The van der Waals surface area contributed by atoms with E-state index in [4.69, 9.17) is 11.6 Å². The Morgan fingerprint density at radius 3 is 2.95 bits per heavy atom. The molecule has 1 unspecified atom stereocenters. The molecule has 0 aliphatic carbocycles. The highest BCUT2D eigenvalue weighted by atomic mass is 35.5. The Balaban J connectivity index is 2.13. The standard InChI is InChI=1S/C16H20ClN3/c1-11-4-3-7-20(10-11)16-14-8-12(17)5-6-13(14)15(18-2)9-19-16/h5-6,8-9,11,18H,3-4,7,10H2,1-2H3. The molecule has 3 rings (SSSR count). The van der Waals surface area contributed by atoms with E-state index in [9.17, 15) is 0 Å². The van der Waals surface area contributed by atoms with Crippen molar-refractivity contribution in [2.45, 2.75) is 19.8 Å². The third-order valence-corrected chi connectivity index (χ3v) is 4.29.